The van der Waals surface area contributed by atoms with Crippen LogP contribution in [0.4, 0.5) is 11.4 Å². The van der Waals surface area contributed by atoms with E-state index in [-0.39, 0.29) is 18.4 Å². The van der Waals surface area contributed by atoms with Crippen LogP contribution in [-0.4, -0.2) is 31.6 Å². The summed E-state index contributed by atoms with van der Waals surface area (Å²) in [7, 11) is 0. The van der Waals surface area contributed by atoms with Gasteiger partial charge in [0.1, 0.15) is 11.5 Å². The van der Waals surface area contributed by atoms with Crippen molar-refractivity contribution in [2.24, 2.45) is 0 Å². The first kappa shape index (κ1) is 20.5. The Morgan fingerprint density at radius 3 is 2.52 bits per heavy atom. The summed E-state index contributed by atoms with van der Waals surface area (Å²) in [4.78, 5) is 26.4. The fourth-order valence-corrected chi connectivity index (χ4v) is 3.44. The predicted octanol–water partition coefficient (Wildman–Crippen LogP) is 4.06. The molecule has 0 spiro atoms. The second-order valence-corrected chi connectivity index (χ2v) is 7.24. The van der Waals surface area contributed by atoms with Crippen LogP contribution in [0.3, 0.4) is 0 Å². The number of rotatable bonds is 8. The van der Waals surface area contributed by atoms with E-state index >= 15 is 0 Å². The molecule has 0 atom stereocenters. The van der Waals surface area contributed by atoms with Gasteiger partial charge in [-0.3, -0.25) is 9.59 Å². The van der Waals surface area contributed by atoms with E-state index in [4.69, 9.17) is 9.47 Å². The fraction of sp³-hybridized carbons (Fsp3) is 0.200. The molecule has 0 aromatic heterocycles. The number of hydrogen-bond acceptors (Lipinski definition) is 4. The molecule has 1 heterocycles. The van der Waals surface area contributed by atoms with E-state index in [1.54, 1.807) is 17.0 Å². The van der Waals surface area contributed by atoms with Gasteiger partial charge in [-0.05, 0) is 36.2 Å². The minimum absolute atomic E-state index is 0.0199. The fourth-order valence-electron chi connectivity index (χ4n) is 3.44. The molecule has 6 nitrogen and oxygen atoms in total. The third-order valence-electron chi connectivity index (χ3n) is 4.93. The maximum atomic E-state index is 12.4. The molecule has 1 aliphatic rings. The SMILES string of the molecule is O=C(Cc1ccccc1)Nc1ccc2c(c1)OCC(=O)N2CCCOc1ccccc1. The number of para-hydroxylation sites is 1. The lowest BCUT2D eigenvalue weighted by molar-refractivity contribution is -0.121. The van der Waals surface area contributed by atoms with Crippen LogP contribution in [0.5, 0.6) is 11.5 Å². The smallest absolute Gasteiger partial charge is 0.265 e. The molecule has 3 aromatic rings. The number of carbonyl (C=O) groups is 2. The molecule has 6 heteroatoms. The number of fused-ring (bicyclic) bond motifs is 1. The maximum absolute atomic E-state index is 12.4. The molecule has 0 radical (unpaired) electrons. The zero-order chi connectivity index (χ0) is 21.5. The van der Waals surface area contributed by atoms with Crippen molar-refractivity contribution in [2.45, 2.75) is 12.8 Å². The second kappa shape index (κ2) is 9.80. The minimum Gasteiger partial charge on any atom is -0.494 e. The number of anilines is 2. The maximum Gasteiger partial charge on any atom is 0.265 e. The Bertz CT molecular complexity index is 1040. The summed E-state index contributed by atoms with van der Waals surface area (Å²) in [5.74, 6) is 1.20. The van der Waals surface area contributed by atoms with Gasteiger partial charge in [0.15, 0.2) is 6.61 Å². The lowest BCUT2D eigenvalue weighted by atomic mass is 10.1. The molecule has 0 unspecified atom stereocenters. The highest BCUT2D eigenvalue weighted by molar-refractivity contribution is 5.99. The van der Waals surface area contributed by atoms with Gasteiger partial charge in [0.2, 0.25) is 5.91 Å². The average molecular weight is 416 g/mol. The van der Waals surface area contributed by atoms with Gasteiger partial charge in [-0.25, -0.2) is 0 Å². The number of nitrogens with zero attached hydrogens (tertiary/aromatic N) is 1. The molecule has 3 aromatic carbocycles. The van der Waals surface area contributed by atoms with Crippen molar-refractivity contribution in [3.63, 3.8) is 0 Å². The van der Waals surface area contributed by atoms with Crippen LogP contribution >= 0.6 is 0 Å². The van der Waals surface area contributed by atoms with Crippen molar-refractivity contribution in [2.75, 3.05) is 30.0 Å². The zero-order valence-electron chi connectivity index (χ0n) is 17.1. The Morgan fingerprint density at radius 2 is 1.74 bits per heavy atom. The van der Waals surface area contributed by atoms with Crippen molar-refractivity contribution in [1.82, 2.24) is 0 Å². The minimum atomic E-state index is -0.104. The Hall–Kier alpha value is -3.80. The number of ether oxygens (including phenoxy) is 2. The summed E-state index contributed by atoms with van der Waals surface area (Å²) in [6, 6.07) is 24.5. The van der Waals surface area contributed by atoms with Gasteiger partial charge >= 0.3 is 0 Å². The van der Waals surface area contributed by atoms with Crippen molar-refractivity contribution in [3.8, 4) is 11.5 Å². The lowest BCUT2D eigenvalue weighted by Gasteiger charge is -2.29. The van der Waals surface area contributed by atoms with E-state index in [1.165, 1.54) is 0 Å². The molecule has 4 rings (SSSR count). The van der Waals surface area contributed by atoms with Crippen molar-refractivity contribution in [3.05, 3.63) is 84.4 Å². The monoisotopic (exact) mass is 416 g/mol. The zero-order valence-corrected chi connectivity index (χ0v) is 17.1. The normalized spacial score (nSPS) is 12.6. The van der Waals surface area contributed by atoms with Crippen molar-refractivity contribution >= 4 is 23.2 Å². The Labute approximate surface area is 181 Å². The molecule has 2 amide bonds. The number of carbonyl (C=O) groups excluding carboxylic acids is 2. The van der Waals surface area contributed by atoms with E-state index in [0.717, 1.165) is 11.3 Å². The molecule has 0 aliphatic carbocycles. The number of nitrogens with one attached hydrogen (secondary N) is 1. The van der Waals surface area contributed by atoms with Gasteiger partial charge < -0.3 is 19.7 Å². The average Bonchev–Trinajstić information content (AvgIpc) is 2.79. The molecule has 1 aliphatic heterocycles. The third kappa shape index (κ3) is 5.42. The van der Waals surface area contributed by atoms with Crippen LogP contribution in [0.25, 0.3) is 0 Å². The Kier molecular flexibility index (Phi) is 6.47. The number of amides is 2. The molecule has 0 saturated carbocycles. The number of hydrogen-bond donors (Lipinski definition) is 1. The summed E-state index contributed by atoms with van der Waals surface area (Å²) >= 11 is 0. The highest BCUT2D eigenvalue weighted by Gasteiger charge is 2.25. The first-order valence-electron chi connectivity index (χ1n) is 10.3. The molecular weight excluding hydrogens is 392 g/mol. The van der Waals surface area contributed by atoms with Gasteiger partial charge in [0.05, 0.1) is 18.7 Å². The van der Waals surface area contributed by atoms with Gasteiger partial charge in [-0.1, -0.05) is 48.5 Å². The largest absolute Gasteiger partial charge is 0.494 e. The summed E-state index contributed by atoms with van der Waals surface area (Å²) in [5, 5.41) is 2.89. The van der Waals surface area contributed by atoms with Crippen LogP contribution in [0, 0.1) is 0 Å². The van der Waals surface area contributed by atoms with E-state index in [1.807, 2.05) is 66.7 Å². The van der Waals surface area contributed by atoms with Gasteiger partial charge in [0, 0.05) is 18.3 Å². The molecule has 1 N–H and O–H groups in total. The van der Waals surface area contributed by atoms with E-state index in [9.17, 15) is 9.59 Å². The van der Waals surface area contributed by atoms with Gasteiger partial charge in [0.25, 0.3) is 5.91 Å². The molecular formula is C25H24N2O4. The highest BCUT2D eigenvalue weighted by Crippen LogP contribution is 2.34. The predicted molar refractivity (Wildman–Crippen MR) is 120 cm³/mol. The summed E-state index contributed by atoms with van der Waals surface area (Å²) in [5.41, 5.74) is 2.29. The topological polar surface area (TPSA) is 67.9 Å². The van der Waals surface area contributed by atoms with Crippen molar-refractivity contribution in [1.29, 1.82) is 0 Å². The van der Waals surface area contributed by atoms with Crippen LogP contribution in [0.1, 0.15) is 12.0 Å². The molecule has 0 saturated heterocycles. The number of benzene rings is 3. The second-order valence-electron chi connectivity index (χ2n) is 7.24. The highest BCUT2D eigenvalue weighted by atomic mass is 16.5. The van der Waals surface area contributed by atoms with E-state index in [2.05, 4.69) is 5.32 Å². The Balaban J connectivity index is 1.35. The van der Waals surface area contributed by atoms with E-state index in [0.29, 0.717) is 43.1 Å². The molecule has 0 bridgehead atoms. The van der Waals surface area contributed by atoms with Crippen LogP contribution in [0.15, 0.2) is 78.9 Å². The van der Waals surface area contributed by atoms with Crippen LogP contribution < -0.4 is 19.7 Å². The van der Waals surface area contributed by atoms with Crippen LogP contribution in [0.2, 0.25) is 0 Å². The summed E-state index contributed by atoms with van der Waals surface area (Å²) in [6.07, 6.45) is 0.987. The lowest BCUT2D eigenvalue weighted by Crippen LogP contribution is -2.39. The van der Waals surface area contributed by atoms with Crippen molar-refractivity contribution < 1.29 is 19.1 Å². The van der Waals surface area contributed by atoms with E-state index < -0.39 is 0 Å². The molecule has 0 fully saturated rings. The molecule has 158 valence electrons. The Morgan fingerprint density at radius 1 is 1.00 bits per heavy atom. The summed E-state index contributed by atoms with van der Waals surface area (Å²) in [6.45, 7) is 1.02. The first-order valence-corrected chi connectivity index (χ1v) is 10.3. The van der Waals surface area contributed by atoms with Crippen LogP contribution in [-0.2, 0) is 16.0 Å². The molecule has 31 heavy (non-hydrogen) atoms. The summed E-state index contributed by atoms with van der Waals surface area (Å²) < 4.78 is 11.3. The standard InChI is InChI=1S/C25H24N2O4/c28-24(16-19-8-3-1-4-9-19)26-20-12-13-22-23(17-20)31-18-25(29)27(22)14-7-15-30-21-10-5-2-6-11-21/h1-6,8-13,17H,7,14-16,18H2,(H,26,28). The van der Waals surface area contributed by atoms with Gasteiger partial charge in [-0.15, -0.1) is 0 Å². The first-order chi connectivity index (χ1) is 15.2. The quantitative estimate of drug-likeness (QED) is 0.563. The van der Waals surface area contributed by atoms with Gasteiger partial charge in [-0.2, -0.15) is 0 Å². The third-order valence-corrected chi connectivity index (χ3v) is 4.93.